The third-order valence-electron chi connectivity index (χ3n) is 1.91. The zero-order chi connectivity index (χ0) is 9.80. The fourth-order valence-corrected chi connectivity index (χ4v) is 1.27. The minimum absolute atomic E-state index is 0.226. The summed E-state index contributed by atoms with van der Waals surface area (Å²) in [4.78, 5) is 0. The minimum Gasteiger partial charge on any atom is -0.231 e. The number of rotatable bonds is 2. The van der Waals surface area contributed by atoms with Crippen LogP contribution in [0.2, 0.25) is 0 Å². The van der Waals surface area contributed by atoms with Crippen molar-refractivity contribution in [3.05, 3.63) is 36.5 Å². The first-order valence-electron chi connectivity index (χ1n) is 4.22. The van der Waals surface area contributed by atoms with Crippen molar-refractivity contribution in [2.75, 3.05) is 0 Å². The average molecular weight is 184 g/mol. The molecule has 0 atom stereocenters. The Morgan fingerprint density at radius 1 is 1.29 bits per heavy atom. The Bertz CT molecular complexity index is 452. The van der Waals surface area contributed by atoms with Crippen molar-refractivity contribution in [2.24, 2.45) is 0 Å². The van der Waals surface area contributed by atoms with Crippen molar-refractivity contribution in [3.8, 4) is 17.3 Å². The van der Waals surface area contributed by atoms with E-state index in [1.807, 2.05) is 36.4 Å². The molecule has 0 saturated heterocycles. The van der Waals surface area contributed by atoms with Crippen molar-refractivity contribution < 1.29 is 0 Å². The second-order valence-electron chi connectivity index (χ2n) is 2.80. The van der Waals surface area contributed by atoms with Gasteiger partial charge in [0.15, 0.2) is 0 Å². The van der Waals surface area contributed by atoms with Gasteiger partial charge in [0.05, 0.1) is 18.0 Å². The van der Waals surface area contributed by atoms with Gasteiger partial charge in [-0.2, -0.15) is 5.26 Å². The molecule has 1 heterocycles. The number of benzene rings is 1. The third kappa shape index (κ3) is 1.48. The number of nitriles is 1. The van der Waals surface area contributed by atoms with Gasteiger partial charge in [0.1, 0.15) is 6.54 Å². The lowest BCUT2D eigenvalue weighted by Gasteiger charge is -2.00. The smallest absolute Gasteiger partial charge is 0.130 e. The van der Waals surface area contributed by atoms with Crippen LogP contribution in [0.15, 0.2) is 36.5 Å². The minimum atomic E-state index is 0.226. The van der Waals surface area contributed by atoms with Crippen LogP contribution in [0.3, 0.4) is 0 Å². The molecule has 0 aliphatic rings. The fourth-order valence-electron chi connectivity index (χ4n) is 1.27. The molecule has 1 aromatic carbocycles. The molecule has 0 saturated carbocycles. The van der Waals surface area contributed by atoms with Gasteiger partial charge in [0, 0.05) is 5.56 Å². The lowest BCUT2D eigenvalue weighted by atomic mass is 10.2. The molecule has 4 heteroatoms. The van der Waals surface area contributed by atoms with Crippen LogP contribution in [0.5, 0.6) is 0 Å². The summed E-state index contributed by atoms with van der Waals surface area (Å²) in [7, 11) is 0. The van der Waals surface area contributed by atoms with Crippen molar-refractivity contribution in [1.82, 2.24) is 15.0 Å². The summed E-state index contributed by atoms with van der Waals surface area (Å²) in [5.74, 6) is 0. The van der Waals surface area contributed by atoms with E-state index >= 15 is 0 Å². The van der Waals surface area contributed by atoms with Gasteiger partial charge in [-0.3, -0.25) is 0 Å². The first-order valence-corrected chi connectivity index (χ1v) is 4.22. The van der Waals surface area contributed by atoms with Crippen LogP contribution in [-0.2, 0) is 6.54 Å². The molecule has 68 valence electrons. The van der Waals surface area contributed by atoms with Crippen LogP contribution < -0.4 is 0 Å². The van der Waals surface area contributed by atoms with Gasteiger partial charge in [0.2, 0.25) is 0 Å². The van der Waals surface area contributed by atoms with E-state index in [4.69, 9.17) is 5.26 Å². The van der Waals surface area contributed by atoms with Crippen LogP contribution >= 0.6 is 0 Å². The standard InChI is InChI=1S/C10H8N4/c11-6-7-14-10(8-12-13-14)9-4-2-1-3-5-9/h1-5,8H,7H2. The van der Waals surface area contributed by atoms with Gasteiger partial charge in [-0.15, -0.1) is 5.10 Å². The Balaban J connectivity index is 2.43. The van der Waals surface area contributed by atoms with Gasteiger partial charge < -0.3 is 0 Å². The summed E-state index contributed by atoms with van der Waals surface area (Å²) in [5.41, 5.74) is 1.89. The monoisotopic (exact) mass is 184 g/mol. The Morgan fingerprint density at radius 2 is 2.07 bits per heavy atom. The summed E-state index contributed by atoms with van der Waals surface area (Å²) in [5, 5.41) is 16.2. The van der Waals surface area contributed by atoms with E-state index in [-0.39, 0.29) is 6.54 Å². The van der Waals surface area contributed by atoms with Gasteiger partial charge in [-0.05, 0) is 0 Å². The van der Waals surface area contributed by atoms with Crippen molar-refractivity contribution in [1.29, 1.82) is 5.26 Å². The molecule has 0 aliphatic heterocycles. The van der Waals surface area contributed by atoms with Gasteiger partial charge in [-0.1, -0.05) is 35.5 Å². The molecular formula is C10H8N4. The van der Waals surface area contributed by atoms with Crippen LogP contribution in [0.1, 0.15) is 0 Å². The second-order valence-corrected chi connectivity index (χ2v) is 2.80. The van der Waals surface area contributed by atoms with E-state index in [1.165, 1.54) is 0 Å². The van der Waals surface area contributed by atoms with Crippen molar-refractivity contribution in [2.45, 2.75) is 6.54 Å². The van der Waals surface area contributed by atoms with Crippen molar-refractivity contribution in [3.63, 3.8) is 0 Å². The second kappa shape index (κ2) is 3.71. The number of hydrogen-bond donors (Lipinski definition) is 0. The first kappa shape index (κ1) is 8.45. The molecule has 14 heavy (non-hydrogen) atoms. The van der Waals surface area contributed by atoms with E-state index in [9.17, 15) is 0 Å². The summed E-state index contributed by atoms with van der Waals surface area (Å²) in [6.07, 6.45) is 1.66. The van der Waals surface area contributed by atoms with E-state index < -0.39 is 0 Å². The maximum Gasteiger partial charge on any atom is 0.130 e. The molecule has 0 radical (unpaired) electrons. The molecule has 1 aromatic heterocycles. The summed E-state index contributed by atoms with van der Waals surface area (Å²) < 4.78 is 1.58. The normalized spacial score (nSPS) is 9.64. The molecular weight excluding hydrogens is 176 g/mol. The lowest BCUT2D eigenvalue weighted by Crippen LogP contribution is -2.00. The van der Waals surface area contributed by atoms with Crippen LogP contribution in [0, 0.1) is 11.3 Å². The molecule has 2 aromatic rings. The zero-order valence-corrected chi connectivity index (χ0v) is 7.46. The molecule has 0 N–H and O–H groups in total. The van der Waals surface area contributed by atoms with Gasteiger partial charge in [-0.25, -0.2) is 4.68 Å². The van der Waals surface area contributed by atoms with Gasteiger partial charge >= 0.3 is 0 Å². The number of nitrogens with zero attached hydrogens (tertiary/aromatic N) is 4. The molecule has 4 nitrogen and oxygen atoms in total. The molecule has 0 spiro atoms. The number of hydrogen-bond acceptors (Lipinski definition) is 3. The molecule has 0 unspecified atom stereocenters. The quantitative estimate of drug-likeness (QED) is 0.710. The largest absolute Gasteiger partial charge is 0.231 e. The molecule has 2 rings (SSSR count). The topological polar surface area (TPSA) is 54.5 Å². The predicted octanol–water partition coefficient (Wildman–Crippen LogP) is 1.47. The van der Waals surface area contributed by atoms with E-state index in [0.717, 1.165) is 11.3 Å². The van der Waals surface area contributed by atoms with Crippen LogP contribution in [0.25, 0.3) is 11.3 Å². The lowest BCUT2D eigenvalue weighted by molar-refractivity contribution is 0.674. The Morgan fingerprint density at radius 3 is 2.79 bits per heavy atom. The fraction of sp³-hybridized carbons (Fsp3) is 0.100. The molecule has 0 fully saturated rings. The van der Waals surface area contributed by atoms with Crippen molar-refractivity contribution >= 4 is 0 Å². The highest BCUT2D eigenvalue weighted by molar-refractivity contribution is 5.57. The SMILES string of the molecule is N#CCn1nncc1-c1ccccc1. The third-order valence-corrected chi connectivity index (χ3v) is 1.91. The average Bonchev–Trinajstić information content (AvgIpc) is 2.68. The summed E-state index contributed by atoms with van der Waals surface area (Å²) in [6, 6.07) is 11.8. The van der Waals surface area contributed by atoms with Crippen LogP contribution in [0.4, 0.5) is 0 Å². The van der Waals surface area contributed by atoms with Gasteiger partial charge in [0.25, 0.3) is 0 Å². The molecule has 0 aliphatic carbocycles. The van der Waals surface area contributed by atoms with E-state index in [2.05, 4.69) is 10.3 Å². The Labute approximate surface area is 81.4 Å². The predicted molar refractivity (Wildman–Crippen MR) is 51.1 cm³/mol. The van der Waals surface area contributed by atoms with E-state index in [0.29, 0.717) is 0 Å². The number of aromatic nitrogens is 3. The molecule has 0 amide bonds. The highest BCUT2D eigenvalue weighted by atomic mass is 15.4. The van der Waals surface area contributed by atoms with E-state index in [1.54, 1.807) is 10.9 Å². The first-order chi connectivity index (χ1) is 6.92. The maximum atomic E-state index is 8.57. The highest BCUT2D eigenvalue weighted by Gasteiger charge is 2.04. The molecule has 0 bridgehead atoms. The Hall–Kier alpha value is -2.15. The zero-order valence-electron chi connectivity index (χ0n) is 7.46. The summed E-state index contributed by atoms with van der Waals surface area (Å²) >= 11 is 0. The van der Waals surface area contributed by atoms with Crippen LogP contribution in [-0.4, -0.2) is 15.0 Å². The highest BCUT2D eigenvalue weighted by Crippen LogP contribution is 2.16. The maximum absolute atomic E-state index is 8.57. The summed E-state index contributed by atoms with van der Waals surface area (Å²) in [6.45, 7) is 0.226. The Kier molecular flexibility index (Phi) is 2.24.